The number of aliphatic hydroxyl groups excluding tert-OH is 4. The topological polar surface area (TPSA) is 131 Å². The van der Waals surface area contributed by atoms with E-state index in [4.69, 9.17) is 9.84 Å². The van der Waals surface area contributed by atoms with E-state index in [0.717, 1.165) is 0 Å². The first kappa shape index (κ1) is 13.1. The van der Waals surface area contributed by atoms with Crippen molar-refractivity contribution in [2.24, 2.45) is 0 Å². The summed E-state index contributed by atoms with van der Waals surface area (Å²) in [5.41, 5.74) is 0. The number of carbonyl (C=O) groups is 1. The van der Waals surface area contributed by atoms with Crippen LogP contribution in [0.15, 0.2) is 0 Å². The van der Waals surface area contributed by atoms with E-state index in [1.807, 2.05) is 0 Å². The molecule has 1 unspecified atom stereocenters. The Kier molecular flexibility index (Phi) is 4.44. The maximum Gasteiger partial charge on any atom is 0.315 e. The Balaban J connectivity index is 2.67. The fourth-order valence-corrected chi connectivity index (χ4v) is 1.48. The quantitative estimate of drug-likeness (QED) is 0.298. The van der Waals surface area contributed by atoms with Crippen LogP contribution in [0.4, 0.5) is 4.79 Å². The molecule has 8 nitrogen and oxygen atoms in total. The predicted molar refractivity (Wildman–Crippen MR) is 51.4 cm³/mol. The normalized spacial score (nSPS) is 39.2. The van der Waals surface area contributed by atoms with Gasteiger partial charge in [-0.2, -0.15) is 0 Å². The van der Waals surface area contributed by atoms with Crippen LogP contribution < -0.4 is 10.6 Å². The second kappa shape index (κ2) is 5.41. The lowest BCUT2D eigenvalue weighted by atomic mass is 9.97. The lowest BCUT2D eigenvalue weighted by Crippen LogP contribution is -2.64. The number of amides is 2. The Labute approximate surface area is 91.8 Å². The van der Waals surface area contributed by atoms with Crippen LogP contribution in [-0.4, -0.2) is 70.8 Å². The molecule has 0 aromatic heterocycles. The monoisotopic (exact) mass is 236 g/mol. The van der Waals surface area contributed by atoms with Crippen LogP contribution in [0.5, 0.6) is 0 Å². The Morgan fingerprint density at radius 1 is 1.31 bits per heavy atom. The van der Waals surface area contributed by atoms with Crippen molar-refractivity contribution in [2.75, 3.05) is 13.7 Å². The summed E-state index contributed by atoms with van der Waals surface area (Å²) in [6.07, 6.45) is -5.37. The molecule has 1 aliphatic heterocycles. The molecule has 1 fully saturated rings. The van der Waals surface area contributed by atoms with Gasteiger partial charge in [-0.25, -0.2) is 4.79 Å². The number of hydrogen-bond acceptors (Lipinski definition) is 6. The zero-order chi connectivity index (χ0) is 12.3. The summed E-state index contributed by atoms with van der Waals surface area (Å²) in [7, 11) is 1.37. The fourth-order valence-electron chi connectivity index (χ4n) is 1.48. The zero-order valence-corrected chi connectivity index (χ0v) is 8.70. The summed E-state index contributed by atoms with van der Waals surface area (Å²) >= 11 is 0. The molecule has 16 heavy (non-hydrogen) atoms. The van der Waals surface area contributed by atoms with Gasteiger partial charge in [0.05, 0.1) is 6.61 Å². The highest BCUT2D eigenvalue weighted by Crippen LogP contribution is 2.19. The van der Waals surface area contributed by atoms with Gasteiger partial charge in [0, 0.05) is 7.05 Å². The van der Waals surface area contributed by atoms with E-state index < -0.39 is 43.3 Å². The summed E-state index contributed by atoms with van der Waals surface area (Å²) in [5, 5.41) is 41.8. The van der Waals surface area contributed by atoms with Crippen LogP contribution in [0.25, 0.3) is 0 Å². The molecule has 5 atom stereocenters. The maximum absolute atomic E-state index is 11.0. The third kappa shape index (κ3) is 2.60. The minimum Gasteiger partial charge on any atom is -0.394 e. The Hall–Kier alpha value is -0.930. The van der Waals surface area contributed by atoms with Crippen LogP contribution in [0, 0.1) is 0 Å². The highest BCUT2D eigenvalue weighted by molar-refractivity contribution is 5.73. The summed E-state index contributed by atoms with van der Waals surface area (Å²) in [4.78, 5) is 11.0. The molecule has 1 rings (SSSR count). The molecule has 0 saturated carbocycles. The lowest BCUT2D eigenvalue weighted by Gasteiger charge is -2.40. The van der Waals surface area contributed by atoms with Crippen molar-refractivity contribution < 1.29 is 30.0 Å². The zero-order valence-electron chi connectivity index (χ0n) is 8.70. The number of hydrogen-bond donors (Lipinski definition) is 6. The van der Waals surface area contributed by atoms with Gasteiger partial charge in [0.2, 0.25) is 0 Å². The SMILES string of the molecule is CNC(=O)N[C@H]1C(O)O[C@H](CO)[C@@H](O)[C@@H]1O. The molecule has 1 saturated heterocycles. The standard InChI is InChI=1S/C8H16N2O6/c1-9-8(15)10-4-6(13)5(12)3(2-11)16-7(4)14/h3-7,11-14H,2H2,1H3,(H2,9,10,15)/t3-,4-,5-,6-,7?/m1/s1. The van der Waals surface area contributed by atoms with Crippen LogP contribution in [0.3, 0.4) is 0 Å². The molecule has 0 bridgehead atoms. The average molecular weight is 236 g/mol. The van der Waals surface area contributed by atoms with Crippen molar-refractivity contribution in [1.29, 1.82) is 0 Å². The molecular formula is C8H16N2O6. The van der Waals surface area contributed by atoms with Crippen molar-refractivity contribution >= 4 is 6.03 Å². The Morgan fingerprint density at radius 3 is 2.44 bits per heavy atom. The summed E-state index contributed by atoms with van der Waals surface area (Å²) in [6.45, 7) is -0.540. The summed E-state index contributed by atoms with van der Waals surface area (Å²) < 4.78 is 4.83. The second-order valence-corrected chi connectivity index (χ2v) is 3.48. The molecule has 0 aromatic carbocycles. The minimum atomic E-state index is -1.49. The van der Waals surface area contributed by atoms with Crippen LogP contribution in [0.1, 0.15) is 0 Å². The molecular weight excluding hydrogens is 220 g/mol. The first-order valence-corrected chi connectivity index (χ1v) is 4.80. The van der Waals surface area contributed by atoms with E-state index in [9.17, 15) is 20.1 Å². The summed E-state index contributed by atoms with van der Waals surface area (Å²) in [6, 6.07) is -1.78. The second-order valence-electron chi connectivity index (χ2n) is 3.48. The molecule has 94 valence electrons. The van der Waals surface area contributed by atoms with E-state index in [1.54, 1.807) is 0 Å². The molecule has 0 aromatic rings. The van der Waals surface area contributed by atoms with Gasteiger partial charge in [-0.1, -0.05) is 0 Å². The number of nitrogens with one attached hydrogen (secondary N) is 2. The van der Waals surface area contributed by atoms with Crippen molar-refractivity contribution in [3.63, 3.8) is 0 Å². The van der Waals surface area contributed by atoms with Crippen LogP contribution in [-0.2, 0) is 4.74 Å². The van der Waals surface area contributed by atoms with E-state index in [2.05, 4.69) is 10.6 Å². The van der Waals surface area contributed by atoms with Crippen molar-refractivity contribution in [1.82, 2.24) is 10.6 Å². The molecule has 1 heterocycles. The average Bonchev–Trinajstić information content (AvgIpc) is 2.28. The van der Waals surface area contributed by atoms with Gasteiger partial charge in [0.1, 0.15) is 24.4 Å². The van der Waals surface area contributed by atoms with Gasteiger partial charge in [0.15, 0.2) is 6.29 Å². The number of rotatable bonds is 2. The largest absolute Gasteiger partial charge is 0.394 e. The number of urea groups is 1. The van der Waals surface area contributed by atoms with E-state index in [-0.39, 0.29) is 0 Å². The summed E-state index contributed by atoms with van der Waals surface area (Å²) in [5.74, 6) is 0. The third-order valence-corrected chi connectivity index (χ3v) is 2.42. The first-order chi connectivity index (χ1) is 7.51. The highest BCUT2D eigenvalue weighted by Gasteiger charge is 2.44. The Bertz CT molecular complexity index is 251. The maximum atomic E-state index is 11.0. The molecule has 0 aliphatic carbocycles. The Morgan fingerprint density at radius 2 is 1.94 bits per heavy atom. The minimum absolute atomic E-state index is 0.540. The van der Waals surface area contributed by atoms with Crippen molar-refractivity contribution in [2.45, 2.75) is 30.6 Å². The van der Waals surface area contributed by atoms with E-state index in [0.29, 0.717) is 0 Å². The van der Waals surface area contributed by atoms with E-state index >= 15 is 0 Å². The number of carbonyl (C=O) groups excluding carboxylic acids is 1. The molecule has 2 amide bonds. The highest BCUT2D eigenvalue weighted by atomic mass is 16.6. The van der Waals surface area contributed by atoms with Crippen LogP contribution in [0.2, 0.25) is 0 Å². The van der Waals surface area contributed by atoms with Crippen LogP contribution >= 0.6 is 0 Å². The van der Waals surface area contributed by atoms with Gasteiger partial charge >= 0.3 is 6.03 Å². The molecule has 0 radical (unpaired) electrons. The van der Waals surface area contributed by atoms with E-state index in [1.165, 1.54) is 7.05 Å². The predicted octanol–water partition coefficient (Wildman–Crippen LogP) is -3.28. The third-order valence-electron chi connectivity index (χ3n) is 2.42. The smallest absolute Gasteiger partial charge is 0.315 e. The first-order valence-electron chi connectivity index (χ1n) is 4.80. The van der Waals surface area contributed by atoms with Gasteiger partial charge in [-0.15, -0.1) is 0 Å². The van der Waals surface area contributed by atoms with Gasteiger partial charge in [0.25, 0.3) is 0 Å². The molecule has 6 N–H and O–H groups in total. The molecule has 8 heteroatoms. The number of ether oxygens (including phenoxy) is 1. The molecule has 0 spiro atoms. The van der Waals surface area contributed by atoms with Crippen molar-refractivity contribution in [3.8, 4) is 0 Å². The molecule has 1 aliphatic rings. The van der Waals surface area contributed by atoms with Crippen molar-refractivity contribution in [3.05, 3.63) is 0 Å². The van der Waals surface area contributed by atoms with Gasteiger partial charge < -0.3 is 35.8 Å². The lowest BCUT2D eigenvalue weighted by molar-refractivity contribution is -0.252. The number of aliphatic hydroxyl groups is 4. The van der Waals surface area contributed by atoms with Gasteiger partial charge in [-0.05, 0) is 0 Å². The fraction of sp³-hybridized carbons (Fsp3) is 0.875. The van der Waals surface area contributed by atoms with Gasteiger partial charge in [-0.3, -0.25) is 0 Å².